The minimum Gasteiger partial charge on any atom is -0.325 e. The average Bonchev–Trinajstić information content (AvgIpc) is 2.63. The highest BCUT2D eigenvalue weighted by Crippen LogP contribution is 2.36. The lowest BCUT2D eigenvalue weighted by molar-refractivity contribution is 0.548. The van der Waals surface area contributed by atoms with Crippen molar-refractivity contribution in [1.29, 1.82) is 0 Å². The Morgan fingerprint density at radius 2 is 1.77 bits per heavy atom. The molecule has 2 N–H and O–H groups in total. The van der Waals surface area contributed by atoms with Crippen molar-refractivity contribution in [1.82, 2.24) is 0 Å². The van der Waals surface area contributed by atoms with Gasteiger partial charge in [-0.25, -0.2) is 8.42 Å². The predicted octanol–water partition coefficient (Wildman–Crippen LogP) is 1.08. The third kappa shape index (κ3) is 2.68. The summed E-state index contributed by atoms with van der Waals surface area (Å²) in [6, 6.07) is 0. The van der Waals surface area contributed by atoms with Gasteiger partial charge in [-0.05, 0) is 40.0 Å². The van der Waals surface area contributed by atoms with Gasteiger partial charge in [0.1, 0.15) is 0 Å². The molecule has 0 unspecified atom stereocenters. The van der Waals surface area contributed by atoms with E-state index in [0.717, 1.165) is 12.8 Å². The second-order valence-corrected chi connectivity index (χ2v) is 7.91. The van der Waals surface area contributed by atoms with Crippen LogP contribution in [0.15, 0.2) is 0 Å². The lowest BCUT2D eigenvalue weighted by Gasteiger charge is -2.20. The molecule has 0 saturated heterocycles. The standard InChI is InChI=1S/C9H19NO2S/c1-8(2,3)13(11,12)7-6-9(10)4-5-9/h4-7,10H2,1-3H3. The maximum absolute atomic E-state index is 11.7. The quantitative estimate of drug-likeness (QED) is 0.750. The summed E-state index contributed by atoms with van der Waals surface area (Å²) < 4.78 is 22.7. The van der Waals surface area contributed by atoms with Crippen LogP contribution in [0.2, 0.25) is 0 Å². The van der Waals surface area contributed by atoms with Crippen LogP contribution in [0, 0.1) is 0 Å². The molecule has 0 spiro atoms. The third-order valence-electron chi connectivity index (χ3n) is 2.69. The third-order valence-corrected chi connectivity index (χ3v) is 5.30. The maximum Gasteiger partial charge on any atom is 0.155 e. The Hall–Kier alpha value is -0.0900. The van der Waals surface area contributed by atoms with Crippen molar-refractivity contribution >= 4 is 9.84 Å². The Morgan fingerprint density at radius 3 is 2.08 bits per heavy atom. The van der Waals surface area contributed by atoms with Crippen molar-refractivity contribution in [3.63, 3.8) is 0 Å². The first-order chi connectivity index (χ1) is 5.66. The molecule has 1 fully saturated rings. The summed E-state index contributed by atoms with van der Waals surface area (Å²) in [6.45, 7) is 5.20. The van der Waals surface area contributed by atoms with Crippen molar-refractivity contribution in [2.24, 2.45) is 5.73 Å². The summed E-state index contributed by atoms with van der Waals surface area (Å²) >= 11 is 0. The van der Waals surface area contributed by atoms with Crippen LogP contribution in [0.25, 0.3) is 0 Å². The molecule has 0 atom stereocenters. The van der Waals surface area contributed by atoms with E-state index in [1.165, 1.54) is 0 Å². The molecule has 0 amide bonds. The Morgan fingerprint density at radius 1 is 1.31 bits per heavy atom. The molecule has 0 radical (unpaired) electrons. The van der Waals surface area contributed by atoms with Crippen molar-refractivity contribution in [3.05, 3.63) is 0 Å². The van der Waals surface area contributed by atoms with E-state index in [2.05, 4.69) is 0 Å². The summed E-state index contributed by atoms with van der Waals surface area (Å²) in [5, 5.41) is 0. The first kappa shape index (κ1) is 11.0. The summed E-state index contributed by atoms with van der Waals surface area (Å²) in [6.07, 6.45) is 2.58. The lowest BCUT2D eigenvalue weighted by Crippen LogP contribution is -2.34. The van der Waals surface area contributed by atoms with Gasteiger partial charge in [0.05, 0.1) is 10.5 Å². The van der Waals surface area contributed by atoms with Crippen LogP contribution in [0.4, 0.5) is 0 Å². The summed E-state index contributed by atoms with van der Waals surface area (Å²) in [4.78, 5) is 0. The van der Waals surface area contributed by atoms with Gasteiger partial charge in [-0.2, -0.15) is 0 Å². The first-order valence-corrected chi connectivity index (χ1v) is 6.33. The van der Waals surface area contributed by atoms with Crippen LogP contribution in [0.5, 0.6) is 0 Å². The van der Waals surface area contributed by atoms with Crippen LogP contribution in [0.1, 0.15) is 40.0 Å². The Bertz CT molecular complexity index is 283. The molecule has 1 aliphatic rings. The molecule has 0 aromatic heterocycles. The van der Waals surface area contributed by atoms with E-state index in [-0.39, 0.29) is 11.3 Å². The molecule has 0 aliphatic heterocycles. The van der Waals surface area contributed by atoms with Crippen LogP contribution in [0.3, 0.4) is 0 Å². The lowest BCUT2D eigenvalue weighted by atomic mass is 10.2. The van der Waals surface area contributed by atoms with Crippen LogP contribution in [-0.4, -0.2) is 24.5 Å². The number of sulfone groups is 1. The van der Waals surface area contributed by atoms with Crippen molar-refractivity contribution in [3.8, 4) is 0 Å². The van der Waals surface area contributed by atoms with Gasteiger partial charge in [0, 0.05) is 5.54 Å². The number of nitrogens with two attached hydrogens (primary N) is 1. The highest BCUT2D eigenvalue weighted by atomic mass is 32.2. The average molecular weight is 205 g/mol. The van der Waals surface area contributed by atoms with Gasteiger partial charge in [0.2, 0.25) is 0 Å². The van der Waals surface area contributed by atoms with E-state index in [9.17, 15) is 8.42 Å². The second kappa shape index (κ2) is 2.95. The SMILES string of the molecule is CC(C)(C)S(=O)(=O)CCC1(N)CC1. The molecule has 3 nitrogen and oxygen atoms in total. The van der Waals surface area contributed by atoms with Gasteiger partial charge in [-0.3, -0.25) is 0 Å². The van der Waals surface area contributed by atoms with Crippen LogP contribution < -0.4 is 5.73 Å². The molecular formula is C9H19NO2S. The molecular weight excluding hydrogens is 186 g/mol. The number of rotatable bonds is 3. The van der Waals surface area contributed by atoms with E-state index in [1.807, 2.05) is 0 Å². The molecule has 1 aliphatic carbocycles. The van der Waals surface area contributed by atoms with E-state index in [4.69, 9.17) is 5.73 Å². The molecule has 0 aromatic carbocycles. The summed E-state index contributed by atoms with van der Waals surface area (Å²) in [5.74, 6) is 0.229. The van der Waals surface area contributed by atoms with Crippen LogP contribution >= 0.6 is 0 Å². The van der Waals surface area contributed by atoms with E-state index in [1.54, 1.807) is 20.8 Å². The normalized spacial score (nSPS) is 21.5. The largest absolute Gasteiger partial charge is 0.325 e. The molecule has 0 bridgehead atoms. The molecule has 13 heavy (non-hydrogen) atoms. The zero-order chi connectivity index (χ0) is 10.3. The molecule has 1 rings (SSSR count). The fourth-order valence-electron chi connectivity index (χ4n) is 1.05. The van der Waals surface area contributed by atoms with Crippen molar-refractivity contribution in [2.45, 2.75) is 50.3 Å². The zero-order valence-corrected chi connectivity index (χ0v) is 9.45. The smallest absolute Gasteiger partial charge is 0.155 e. The van der Waals surface area contributed by atoms with Crippen molar-refractivity contribution < 1.29 is 8.42 Å². The Kier molecular flexibility index (Phi) is 2.50. The van der Waals surface area contributed by atoms with E-state index >= 15 is 0 Å². The molecule has 1 saturated carbocycles. The summed E-state index contributed by atoms with van der Waals surface area (Å²) in [7, 11) is -2.97. The van der Waals surface area contributed by atoms with Gasteiger partial charge in [0.15, 0.2) is 9.84 Å². The monoisotopic (exact) mass is 205 g/mol. The minimum absolute atomic E-state index is 0.154. The molecule has 0 aromatic rings. The topological polar surface area (TPSA) is 60.2 Å². The number of hydrogen-bond acceptors (Lipinski definition) is 3. The van der Waals surface area contributed by atoms with Gasteiger partial charge >= 0.3 is 0 Å². The zero-order valence-electron chi connectivity index (χ0n) is 8.63. The first-order valence-electron chi connectivity index (χ1n) is 4.68. The highest BCUT2D eigenvalue weighted by molar-refractivity contribution is 7.92. The highest BCUT2D eigenvalue weighted by Gasteiger charge is 2.40. The summed E-state index contributed by atoms with van der Waals surface area (Å²) in [5.41, 5.74) is 5.68. The van der Waals surface area contributed by atoms with Crippen LogP contribution in [-0.2, 0) is 9.84 Å². The predicted molar refractivity (Wildman–Crippen MR) is 54.3 cm³/mol. The van der Waals surface area contributed by atoms with Gasteiger partial charge in [-0.1, -0.05) is 0 Å². The number of hydrogen-bond donors (Lipinski definition) is 1. The molecule has 78 valence electrons. The second-order valence-electron chi connectivity index (χ2n) is 5.04. The van der Waals surface area contributed by atoms with Gasteiger partial charge < -0.3 is 5.73 Å². The fourth-order valence-corrected chi connectivity index (χ4v) is 2.34. The maximum atomic E-state index is 11.7. The Labute approximate surface area is 80.6 Å². The fraction of sp³-hybridized carbons (Fsp3) is 1.00. The van der Waals surface area contributed by atoms with E-state index in [0.29, 0.717) is 6.42 Å². The van der Waals surface area contributed by atoms with Crippen molar-refractivity contribution in [2.75, 3.05) is 5.75 Å². The molecule has 4 heteroatoms. The van der Waals surface area contributed by atoms with Gasteiger partial charge in [0.25, 0.3) is 0 Å². The van der Waals surface area contributed by atoms with Gasteiger partial charge in [-0.15, -0.1) is 0 Å². The van der Waals surface area contributed by atoms with E-state index < -0.39 is 14.6 Å². The molecule has 0 heterocycles. The minimum atomic E-state index is -2.97. The Balaban J connectivity index is 2.53.